The molecule has 0 unspecified atom stereocenters. The minimum absolute atomic E-state index is 0.00754. The number of anilines is 1. The third kappa shape index (κ3) is 6.77. The van der Waals surface area contributed by atoms with Gasteiger partial charge in [0.05, 0.1) is 18.1 Å². The van der Waals surface area contributed by atoms with Gasteiger partial charge in [0.15, 0.2) is 0 Å². The smallest absolute Gasteiger partial charge is 0.437 e. The standard InChI is InChI=1S/C28H32N6O5S/c1-5-8-25-32-26-18(2)15-21(31-27(30-3)33-40(29,36)37)16-23(26)34(25)17-19-11-13-20(14-12-19)22-9-6-7-10-24(22)39-28(35)38-4/h6-7,9-16H,5,8,17H2,1-4H3,(H2,29,36,37)(H2,30,31,33). The van der Waals surface area contributed by atoms with Crippen molar-refractivity contribution in [1.29, 1.82) is 0 Å². The van der Waals surface area contributed by atoms with Crippen LogP contribution in [-0.2, 0) is 27.9 Å². The molecule has 4 N–H and O–H groups in total. The Bertz CT molecular complexity index is 1660. The topological polar surface area (TPSA) is 150 Å². The van der Waals surface area contributed by atoms with Crippen molar-refractivity contribution in [3.05, 3.63) is 77.6 Å². The second-order valence-electron chi connectivity index (χ2n) is 9.10. The zero-order valence-corrected chi connectivity index (χ0v) is 23.6. The number of imidazole rings is 1. The molecule has 4 aromatic rings. The number of benzene rings is 3. The Morgan fingerprint density at radius 3 is 2.50 bits per heavy atom. The quantitative estimate of drug-likeness (QED) is 0.124. The van der Waals surface area contributed by atoms with Gasteiger partial charge in [-0.15, -0.1) is 4.40 Å². The monoisotopic (exact) mass is 564 g/mol. The van der Waals surface area contributed by atoms with Gasteiger partial charge in [-0.25, -0.2) is 14.9 Å². The van der Waals surface area contributed by atoms with E-state index >= 15 is 0 Å². The number of carbonyl (C=O) groups is 1. The number of fused-ring (bicyclic) bond motifs is 1. The Morgan fingerprint density at radius 1 is 1.12 bits per heavy atom. The second kappa shape index (κ2) is 12.2. The molecule has 0 aliphatic rings. The molecule has 210 valence electrons. The van der Waals surface area contributed by atoms with Crippen LogP contribution < -0.4 is 20.5 Å². The highest BCUT2D eigenvalue weighted by molar-refractivity contribution is 7.88. The van der Waals surface area contributed by atoms with Crippen LogP contribution in [0.5, 0.6) is 5.75 Å². The highest BCUT2D eigenvalue weighted by Gasteiger charge is 2.16. The summed E-state index contributed by atoms with van der Waals surface area (Å²) in [6, 6.07) is 19.1. The predicted molar refractivity (Wildman–Crippen MR) is 156 cm³/mol. The molecule has 40 heavy (non-hydrogen) atoms. The second-order valence-corrected chi connectivity index (χ2v) is 10.3. The number of hydrogen-bond donors (Lipinski definition) is 3. The van der Waals surface area contributed by atoms with Crippen LogP contribution in [0.2, 0.25) is 0 Å². The summed E-state index contributed by atoms with van der Waals surface area (Å²) in [4.78, 5) is 16.6. The lowest BCUT2D eigenvalue weighted by Gasteiger charge is -2.13. The fourth-order valence-electron chi connectivity index (χ4n) is 4.40. The Labute approximate surface area is 233 Å². The molecule has 1 aromatic heterocycles. The van der Waals surface area contributed by atoms with Crippen molar-refractivity contribution in [3.8, 4) is 16.9 Å². The molecule has 0 saturated carbocycles. The number of nitrogens with zero attached hydrogens (tertiary/aromatic N) is 3. The molecule has 0 aliphatic heterocycles. The van der Waals surface area contributed by atoms with Crippen molar-refractivity contribution in [2.24, 2.45) is 9.54 Å². The van der Waals surface area contributed by atoms with Gasteiger partial charge in [0.2, 0.25) is 5.96 Å². The zero-order valence-electron chi connectivity index (χ0n) is 22.8. The van der Waals surface area contributed by atoms with Crippen molar-refractivity contribution < 1.29 is 22.7 Å². The van der Waals surface area contributed by atoms with E-state index in [1.807, 2.05) is 55.5 Å². The van der Waals surface area contributed by atoms with Gasteiger partial charge >= 0.3 is 16.4 Å². The zero-order chi connectivity index (χ0) is 28.9. The first-order valence-corrected chi connectivity index (χ1v) is 14.1. The molecule has 0 bridgehead atoms. The van der Waals surface area contributed by atoms with Crippen molar-refractivity contribution in [1.82, 2.24) is 14.9 Å². The van der Waals surface area contributed by atoms with Crippen LogP contribution in [0.4, 0.5) is 10.5 Å². The summed E-state index contributed by atoms with van der Waals surface area (Å²) in [7, 11) is -1.26. The number of carbonyl (C=O) groups excluding carboxylic acids is 1. The number of guanidine groups is 1. The van der Waals surface area contributed by atoms with E-state index in [0.29, 0.717) is 18.0 Å². The van der Waals surface area contributed by atoms with Gasteiger partial charge in [-0.1, -0.05) is 49.4 Å². The number of nitrogens with two attached hydrogens (primary N) is 1. The first-order valence-electron chi connectivity index (χ1n) is 12.6. The van der Waals surface area contributed by atoms with Gasteiger partial charge in [0.25, 0.3) is 0 Å². The highest BCUT2D eigenvalue weighted by Crippen LogP contribution is 2.31. The molecule has 0 atom stereocenters. The number of ether oxygens (including phenoxy) is 2. The maximum atomic E-state index is 11.7. The number of methoxy groups -OCH3 is 1. The maximum Gasteiger partial charge on any atom is 0.513 e. The predicted octanol–water partition coefficient (Wildman–Crippen LogP) is 4.35. The molecule has 0 spiro atoms. The maximum absolute atomic E-state index is 11.7. The van der Waals surface area contributed by atoms with Gasteiger partial charge in [0, 0.05) is 31.3 Å². The Hall–Kier alpha value is -4.42. The summed E-state index contributed by atoms with van der Waals surface area (Å²) in [5.74, 6) is 1.37. The van der Waals surface area contributed by atoms with Crippen molar-refractivity contribution in [2.45, 2.75) is 33.2 Å². The summed E-state index contributed by atoms with van der Waals surface area (Å²) in [5.41, 5.74) is 6.06. The Morgan fingerprint density at radius 2 is 1.85 bits per heavy atom. The minimum Gasteiger partial charge on any atom is -0.437 e. The number of aryl methyl sites for hydroxylation is 2. The molecule has 0 aliphatic carbocycles. The van der Waals surface area contributed by atoms with Crippen LogP contribution in [0, 0.1) is 6.92 Å². The number of rotatable bonds is 8. The number of nitrogens with one attached hydrogen (secondary N) is 2. The normalized spacial score (nSPS) is 11.9. The van der Waals surface area contributed by atoms with Gasteiger partial charge in [-0.3, -0.25) is 0 Å². The van der Waals surface area contributed by atoms with Crippen molar-refractivity contribution >= 4 is 39.0 Å². The average molecular weight is 565 g/mol. The fourth-order valence-corrected chi connectivity index (χ4v) is 4.79. The van der Waals surface area contributed by atoms with Crippen LogP contribution >= 0.6 is 0 Å². The molecule has 12 heteroatoms. The fraction of sp³-hybridized carbons (Fsp3) is 0.250. The Balaban J connectivity index is 1.69. The van der Waals surface area contributed by atoms with E-state index in [0.717, 1.165) is 52.0 Å². The average Bonchev–Trinajstić information content (AvgIpc) is 3.25. The van der Waals surface area contributed by atoms with Crippen molar-refractivity contribution in [3.63, 3.8) is 0 Å². The van der Waals surface area contributed by atoms with E-state index in [1.54, 1.807) is 19.2 Å². The van der Waals surface area contributed by atoms with Gasteiger partial charge in [0.1, 0.15) is 11.6 Å². The van der Waals surface area contributed by atoms with Crippen LogP contribution in [0.3, 0.4) is 0 Å². The van der Waals surface area contributed by atoms with Gasteiger partial charge in [-0.05, 0) is 48.2 Å². The van der Waals surface area contributed by atoms with E-state index in [1.165, 1.54) is 7.11 Å². The lowest BCUT2D eigenvalue weighted by Crippen LogP contribution is -2.29. The summed E-state index contributed by atoms with van der Waals surface area (Å²) >= 11 is 0. The van der Waals surface area contributed by atoms with E-state index < -0.39 is 16.4 Å². The summed E-state index contributed by atoms with van der Waals surface area (Å²) in [5, 5.41) is 10.8. The first kappa shape index (κ1) is 28.6. The SMILES string of the molecule is CCCc1nc2c(C)cc(NC(=NS(N)(=O)=O)NC)cc2n1Cc1ccc(-c2ccccc2OC(=O)OC)cc1. The Kier molecular flexibility index (Phi) is 8.70. The van der Waals surface area contributed by atoms with E-state index in [9.17, 15) is 13.2 Å². The van der Waals surface area contributed by atoms with E-state index in [2.05, 4.69) is 31.3 Å². The van der Waals surface area contributed by atoms with Crippen LogP contribution in [0.15, 0.2) is 65.1 Å². The molecule has 0 amide bonds. The minimum atomic E-state index is -4.08. The molecule has 3 aromatic carbocycles. The molecule has 0 fully saturated rings. The molecule has 0 radical (unpaired) electrons. The molecule has 4 rings (SSSR count). The molecular weight excluding hydrogens is 532 g/mol. The molecule has 0 saturated heterocycles. The van der Waals surface area contributed by atoms with E-state index in [-0.39, 0.29) is 5.96 Å². The number of aromatic nitrogens is 2. The summed E-state index contributed by atoms with van der Waals surface area (Å²) < 4.78 is 38.5. The largest absolute Gasteiger partial charge is 0.513 e. The van der Waals surface area contributed by atoms with Gasteiger partial charge < -0.3 is 24.7 Å². The highest BCUT2D eigenvalue weighted by atomic mass is 32.2. The molecule has 1 heterocycles. The van der Waals surface area contributed by atoms with Crippen LogP contribution in [0.1, 0.15) is 30.3 Å². The summed E-state index contributed by atoms with van der Waals surface area (Å²) in [6.45, 7) is 4.63. The molecule has 11 nitrogen and oxygen atoms in total. The lowest BCUT2D eigenvalue weighted by atomic mass is 10.0. The third-order valence-corrected chi connectivity index (χ3v) is 6.60. The van der Waals surface area contributed by atoms with Crippen LogP contribution in [-0.4, -0.2) is 44.2 Å². The van der Waals surface area contributed by atoms with Crippen molar-refractivity contribution in [2.75, 3.05) is 19.5 Å². The number of hydrogen-bond acceptors (Lipinski definition) is 6. The van der Waals surface area contributed by atoms with Gasteiger partial charge in [-0.2, -0.15) is 8.42 Å². The van der Waals surface area contributed by atoms with Crippen LogP contribution in [0.25, 0.3) is 22.2 Å². The lowest BCUT2D eigenvalue weighted by molar-refractivity contribution is 0.121. The first-order chi connectivity index (χ1) is 19.1. The van der Waals surface area contributed by atoms with E-state index in [4.69, 9.17) is 14.9 Å². The summed E-state index contributed by atoms with van der Waals surface area (Å²) in [6.07, 6.45) is 0.942. The number of para-hydroxylation sites is 1. The molecular formula is C28H32N6O5S. The third-order valence-electron chi connectivity index (χ3n) is 6.17.